The number of carbonyl (C=O) groups is 1. The molecular formula is C17H16ClFN2O3S. The molecule has 1 fully saturated rings. The van der Waals surface area contributed by atoms with Crippen molar-refractivity contribution in [2.75, 3.05) is 11.4 Å². The highest BCUT2D eigenvalue weighted by Gasteiger charge is 2.36. The highest BCUT2D eigenvalue weighted by atomic mass is 35.5. The molecule has 25 heavy (non-hydrogen) atoms. The number of nitrogens with zero attached hydrogens (tertiary/aromatic N) is 1. The Morgan fingerprint density at radius 1 is 1.20 bits per heavy atom. The topological polar surface area (TPSA) is 66.5 Å². The second kappa shape index (κ2) is 6.74. The number of sulfonamides is 1. The van der Waals surface area contributed by atoms with Crippen molar-refractivity contribution in [1.82, 2.24) is 4.72 Å². The molecule has 0 aliphatic carbocycles. The van der Waals surface area contributed by atoms with Crippen LogP contribution in [0.25, 0.3) is 0 Å². The highest BCUT2D eigenvalue weighted by Crippen LogP contribution is 2.27. The van der Waals surface area contributed by atoms with Crippen molar-refractivity contribution >= 4 is 33.2 Å². The number of hydrogen-bond acceptors (Lipinski definition) is 3. The van der Waals surface area contributed by atoms with Crippen LogP contribution < -0.4 is 9.62 Å². The van der Waals surface area contributed by atoms with Gasteiger partial charge >= 0.3 is 0 Å². The lowest BCUT2D eigenvalue weighted by atomic mass is 10.2. The van der Waals surface area contributed by atoms with E-state index in [9.17, 15) is 17.6 Å². The molecule has 1 N–H and O–H groups in total. The average molecular weight is 383 g/mol. The Kier molecular flexibility index (Phi) is 4.81. The predicted octanol–water partition coefficient (Wildman–Crippen LogP) is 2.87. The van der Waals surface area contributed by atoms with E-state index in [1.54, 1.807) is 19.1 Å². The van der Waals surface area contributed by atoms with Crippen LogP contribution in [-0.2, 0) is 14.8 Å². The Morgan fingerprint density at radius 2 is 1.88 bits per heavy atom. The van der Waals surface area contributed by atoms with Gasteiger partial charge in [-0.3, -0.25) is 4.79 Å². The maximum Gasteiger partial charge on any atom is 0.245 e. The normalized spacial score (nSPS) is 18.0. The van der Waals surface area contributed by atoms with E-state index in [0.29, 0.717) is 24.2 Å². The SMILES string of the molecule is Cc1cccc(Cl)c1S(=O)(=O)NC1CCN(c2ccc(F)cc2)C1=O. The minimum Gasteiger partial charge on any atom is -0.311 e. The van der Waals surface area contributed by atoms with E-state index in [2.05, 4.69) is 4.72 Å². The lowest BCUT2D eigenvalue weighted by Gasteiger charge is -2.18. The van der Waals surface area contributed by atoms with E-state index in [4.69, 9.17) is 11.6 Å². The molecule has 3 rings (SSSR count). The molecule has 1 heterocycles. The first-order chi connectivity index (χ1) is 11.8. The van der Waals surface area contributed by atoms with Gasteiger partial charge in [0.25, 0.3) is 0 Å². The molecule has 2 aromatic rings. The maximum atomic E-state index is 13.0. The lowest BCUT2D eigenvalue weighted by Crippen LogP contribution is -2.41. The summed E-state index contributed by atoms with van der Waals surface area (Å²) < 4.78 is 40.8. The Labute approximate surface area is 150 Å². The molecule has 1 aliphatic rings. The molecule has 1 saturated heterocycles. The van der Waals surface area contributed by atoms with Gasteiger partial charge in [0, 0.05) is 12.2 Å². The molecule has 1 unspecified atom stereocenters. The third-order valence-corrected chi connectivity index (χ3v) is 6.17. The second-order valence-corrected chi connectivity index (χ2v) is 7.87. The number of rotatable bonds is 4. The van der Waals surface area contributed by atoms with Crippen molar-refractivity contribution in [2.45, 2.75) is 24.3 Å². The van der Waals surface area contributed by atoms with Crippen molar-refractivity contribution in [3.8, 4) is 0 Å². The standard InChI is InChI=1S/C17H16ClFN2O3S/c1-11-3-2-4-14(18)16(11)25(23,24)20-15-9-10-21(17(15)22)13-7-5-12(19)6-8-13/h2-8,15,20H,9-10H2,1H3. The number of anilines is 1. The molecule has 132 valence electrons. The summed E-state index contributed by atoms with van der Waals surface area (Å²) in [5, 5.41) is 0.105. The number of aryl methyl sites for hydroxylation is 1. The van der Waals surface area contributed by atoms with Gasteiger partial charge in [0.05, 0.1) is 5.02 Å². The van der Waals surface area contributed by atoms with Crippen LogP contribution >= 0.6 is 11.6 Å². The number of benzene rings is 2. The Balaban J connectivity index is 1.82. The first-order valence-corrected chi connectivity index (χ1v) is 9.50. The van der Waals surface area contributed by atoms with Crippen LogP contribution in [0.4, 0.5) is 10.1 Å². The first-order valence-electron chi connectivity index (χ1n) is 7.64. The molecule has 1 amide bonds. The van der Waals surface area contributed by atoms with Gasteiger partial charge in [0.15, 0.2) is 0 Å². The third-order valence-electron chi connectivity index (χ3n) is 4.07. The van der Waals surface area contributed by atoms with Gasteiger partial charge in [-0.25, -0.2) is 12.8 Å². The zero-order valence-corrected chi connectivity index (χ0v) is 14.9. The number of halogens is 2. The van der Waals surface area contributed by atoms with Crippen LogP contribution in [0.5, 0.6) is 0 Å². The smallest absolute Gasteiger partial charge is 0.245 e. The van der Waals surface area contributed by atoms with Crippen molar-refractivity contribution < 1.29 is 17.6 Å². The third kappa shape index (κ3) is 3.53. The fourth-order valence-electron chi connectivity index (χ4n) is 2.87. The van der Waals surface area contributed by atoms with Gasteiger partial charge in [-0.05, 0) is 49.2 Å². The largest absolute Gasteiger partial charge is 0.311 e. The van der Waals surface area contributed by atoms with E-state index in [1.165, 1.54) is 35.2 Å². The summed E-state index contributed by atoms with van der Waals surface area (Å²) in [6.45, 7) is 1.99. The summed E-state index contributed by atoms with van der Waals surface area (Å²) in [5.74, 6) is -0.776. The number of amides is 1. The van der Waals surface area contributed by atoms with Gasteiger partial charge in [-0.2, -0.15) is 4.72 Å². The summed E-state index contributed by atoms with van der Waals surface area (Å²) in [5.41, 5.74) is 1.03. The zero-order valence-electron chi connectivity index (χ0n) is 13.4. The summed E-state index contributed by atoms with van der Waals surface area (Å²) in [6, 6.07) is 9.40. The maximum absolute atomic E-state index is 13.0. The van der Waals surface area contributed by atoms with Crippen LogP contribution in [0, 0.1) is 12.7 Å². The summed E-state index contributed by atoms with van der Waals surface area (Å²) >= 11 is 6.03. The Hall–Kier alpha value is -1.96. The number of carbonyl (C=O) groups excluding carboxylic acids is 1. The quantitative estimate of drug-likeness (QED) is 0.884. The molecule has 2 aromatic carbocycles. The molecule has 8 heteroatoms. The number of nitrogens with one attached hydrogen (secondary N) is 1. The predicted molar refractivity (Wildman–Crippen MR) is 93.7 cm³/mol. The van der Waals surface area contributed by atoms with Gasteiger partial charge < -0.3 is 4.90 Å². The summed E-state index contributed by atoms with van der Waals surface area (Å²) in [4.78, 5) is 14.0. The van der Waals surface area contributed by atoms with Crippen molar-refractivity contribution in [3.05, 3.63) is 58.9 Å². The summed E-state index contributed by atoms with van der Waals surface area (Å²) in [6.07, 6.45) is 0.318. The zero-order chi connectivity index (χ0) is 18.2. The fourth-order valence-corrected chi connectivity index (χ4v) is 4.92. The van der Waals surface area contributed by atoms with Crippen LogP contribution in [0.3, 0.4) is 0 Å². The van der Waals surface area contributed by atoms with E-state index in [0.717, 1.165) is 0 Å². The van der Waals surface area contributed by atoms with Crippen molar-refractivity contribution in [3.63, 3.8) is 0 Å². The molecule has 5 nitrogen and oxygen atoms in total. The molecule has 0 saturated carbocycles. The Bertz CT molecular complexity index is 896. The van der Waals surface area contributed by atoms with E-state index < -0.39 is 21.9 Å². The van der Waals surface area contributed by atoms with Crippen molar-refractivity contribution in [1.29, 1.82) is 0 Å². The molecule has 0 bridgehead atoms. The van der Waals surface area contributed by atoms with Gasteiger partial charge in [0.2, 0.25) is 15.9 Å². The molecule has 0 spiro atoms. The fraction of sp³-hybridized carbons (Fsp3) is 0.235. The number of hydrogen-bond donors (Lipinski definition) is 1. The minimum atomic E-state index is -3.94. The van der Waals surface area contributed by atoms with Gasteiger partial charge in [0.1, 0.15) is 16.8 Å². The average Bonchev–Trinajstić information content (AvgIpc) is 2.88. The van der Waals surface area contributed by atoms with Crippen LogP contribution in [0.1, 0.15) is 12.0 Å². The van der Waals surface area contributed by atoms with Gasteiger partial charge in [-0.15, -0.1) is 0 Å². The molecule has 1 atom stereocenters. The molecule has 0 radical (unpaired) electrons. The van der Waals surface area contributed by atoms with Crippen molar-refractivity contribution in [2.24, 2.45) is 0 Å². The molecule has 1 aliphatic heterocycles. The van der Waals surface area contributed by atoms with Crippen LogP contribution in [0.2, 0.25) is 5.02 Å². The second-order valence-electron chi connectivity index (χ2n) is 5.81. The van der Waals surface area contributed by atoms with E-state index >= 15 is 0 Å². The van der Waals surface area contributed by atoms with Crippen LogP contribution in [-0.4, -0.2) is 26.9 Å². The monoisotopic (exact) mass is 382 g/mol. The highest BCUT2D eigenvalue weighted by molar-refractivity contribution is 7.89. The van der Waals surface area contributed by atoms with E-state index in [-0.39, 0.29) is 15.8 Å². The van der Waals surface area contributed by atoms with Gasteiger partial charge in [-0.1, -0.05) is 23.7 Å². The van der Waals surface area contributed by atoms with E-state index in [1.807, 2.05) is 0 Å². The molecule has 0 aromatic heterocycles. The summed E-state index contributed by atoms with van der Waals surface area (Å²) in [7, 11) is -3.94. The minimum absolute atomic E-state index is 0.0234. The molecular weight excluding hydrogens is 367 g/mol. The Morgan fingerprint density at radius 3 is 2.52 bits per heavy atom. The first kappa shape index (κ1) is 17.8. The lowest BCUT2D eigenvalue weighted by molar-refractivity contribution is -0.118. The van der Waals surface area contributed by atoms with Crippen LogP contribution in [0.15, 0.2) is 47.4 Å².